The minimum atomic E-state index is -2.76. The Morgan fingerprint density at radius 2 is 2.12 bits per heavy atom. The van der Waals surface area contributed by atoms with Crippen molar-refractivity contribution in [3.63, 3.8) is 0 Å². The number of benzene rings is 1. The summed E-state index contributed by atoms with van der Waals surface area (Å²) in [5.74, 6) is -0.612. The van der Waals surface area contributed by atoms with E-state index in [1.165, 1.54) is 6.33 Å². The Balaban J connectivity index is 1.56. The minimum absolute atomic E-state index is 0.0388. The van der Waals surface area contributed by atoms with E-state index in [1.54, 1.807) is 37.3 Å². The lowest BCUT2D eigenvalue weighted by molar-refractivity contribution is -0.175. The summed E-state index contributed by atoms with van der Waals surface area (Å²) < 4.78 is 64.9. The fraction of sp³-hybridized carbons (Fsp3) is 0.350. The third-order valence-corrected chi connectivity index (χ3v) is 5.42. The third-order valence-electron chi connectivity index (χ3n) is 4.72. The number of hydrogen-bond acceptors (Lipinski definition) is 9. The summed E-state index contributed by atoms with van der Waals surface area (Å²) in [6.45, 7) is 1.10. The molecule has 1 saturated heterocycles. The Morgan fingerprint density at radius 3 is 2.82 bits per heavy atom. The Bertz CT molecular complexity index is 1220. The summed E-state index contributed by atoms with van der Waals surface area (Å²) in [5, 5.41) is 0. The van der Waals surface area contributed by atoms with Crippen LogP contribution in [0.15, 0.2) is 36.7 Å². The molecule has 0 bridgehead atoms. The van der Waals surface area contributed by atoms with Gasteiger partial charge in [0.15, 0.2) is 29.7 Å². The van der Waals surface area contributed by atoms with Crippen molar-refractivity contribution in [3.8, 4) is 24.0 Å². The van der Waals surface area contributed by atoms with E-state index < -0.39 is 39.0 Å². The molecule has 1 aromatic carbocycles. The maximum Gasteiger partial charge on any atom is 0.750 e. The molecule has 10 nitrogen and oxygen atoms in total. The first-order valence-electron chi connectivity index (χ1n) is 9.76. The van der Waals surface area contributed by atoms with Crippen molar-refractivity contribution in [3.05, 3.63) is 36.7 Å². The molecule has 33 heavy (non-hydrogen) atoms. The van der Waals surface area contributed by atoms with Crippen molar-refractivity contribution < 1.29 is 31.9 Å². The van der Waals surface area contributed by atoms with Gasteiger partial charge in [0.25, 0.3) is 0 Å². The number of rotatable bonds is 8. The van der Waals surface area contributed by atoms with Crippen LogP contribution in [0.25, 0.3) is 11.2 Å². The molecule has 3 heterocycles. The molecule has 13 heteroatoms. The normalized spacial score (nSPS) is 25.0. The maximum absolute atomic E-state index is 15.6. The zero-order valence-electron chi connectivity index (χ0n) is 17.4. The van der Waals surface area contributed by atoms with Crippen molar-refractivity contribution in [1.82, 2.24) is 19.5 Å². The number of imidazole rings is 1. The first kappa shape index (κ1) is 22.8. The lowest BCUT2D eigenvalue weighted by Gasteiger charge is -2.21. The van der Waals surface area contributed by atoms with Gasteiger partial charge in [-0.25, -0.2) is 18.3 Å². The lowest BCUT2D eigenvalue weighted by Crippen LogP contribution is -2.30. The van der Waals surface area contributed by atoms with Crippen LogP contribution in [0, 0.1) is 12.3 Å². The van der Waals surface area contributed by atoms with Gasteiger partial charge in [-0.2, -0.15) is 9.97 Å². The Kier molecular flexibility index (Phi) is 6.12. The van der Waals surface area contributed by atoms with Crippen molar-refractivity contribution in [2.75, 3.05) is 18.9 Å². The van der Waals surface area contributed by atoms with Gasteiger partial charge in [0.1, 0.15) is 0 Å². The number of terminal acetylenes is 1. The summed E-state index contributed by atoms with van der Waals surface area (Å²) in [6, 6.07) is 8.14. The van der Waals surface area contributed by atoms with Crippen LogP contribution in [0.1, 0.15) is 19.6 Å². The molecule has 0 amide bonds. The number of alkyl halides is 2. The average molecular weight is 478 g/mol. The van der Waals surface area contributed by atoms with E-state index in [0.717, 1.165) is 4.57 Å². The zero-order chi connectivity index (χ0) is 23.6. The molecular weight excluding hydrogens is 459 g/mol. The SMILES string of the molecule is C#C[C@@]1(F)C[C@@](F)(CO[P+](=O)Oc2ccccc2)O[C@H]1n1cnc2c(OCC)nc(N)nc21. The highest BCUT2D eigenvalue weighted by Gasteiger charge is 2.60. The van der Waals surface area contributed by atoms with Crippen LogP contribution < -0.4 is 15.0 Å². The summed E-state index contributed by atoms with van der Waals surface area (Å²) in [4.78, 5) is 12.1. The van der Waals surface area contributed by atoms with Crippen LogP contribution in [0.5, 0.6) is 11.6 Å². The molecule has 1 aliphatic heterocycles. The fourth-order valence-electron chi connectivity index (χ4n) is 3.35. The van der Waals surface area contributed by atoms with E-state index in [2.05, 4.69) is 15.0 Å². The zero-order valence-corrected chi connectivity index (χ0v) is 18.2. The molecule has 0 aliphatic carbocycles. The molecular formula is C20H19F2N5O5P+. The molecule has 4 rings (SSSR count). The van der Waals surface area contributed by atoms with E-state index in [-0.39, 0.29) is 35.3 Å². The minimum Gasteiger partial charge on any atom is -0.476 e. The molecule has 1 fully saturated rings. The van der Waals surface area contributed by atoms with E-state index in [9.17, 15) is 4.57 Å². The summed E-state index contributed by atoms with van der Waals surface area (Å²) in [6.07, 6.45) is 3.99. The number of hydrogen-bond donors (Lipinski definition) is 1. The van der Waals surface area contributed by atoms with Gasteiger partial charge in [-0.05, 0) is 19.1 Å². The van der Waals surface area contributed by atoms with Crippen molar-refractivity contribution in [2.24, 2.45) is 0 Å². The van der Waals surface area contributed by atoms with Crippen LogP contribution in [-0.2, 0) is 13.8 Å². The molecule has 0 spiro atoms. The van der Waals surface area contributed by atoms with Crippen molar-refractivity contribution in [2.45, 2.75) is 31.1 Å². The third kappa shape index (κ3) is 4.57. The molecule has 2 N–H and O–H groups in total. The Labute approximate surface area is 188 Å². The first-order valence-corrected chi connectivity index (χ1v) is 10.9. The van der Waals surface area contributed by atoms with Crippen LogP contribution >= 0.6 is 8.25 Å². The second-order valence-electron chi connectivity index (χ2n) is 7.08. The second kappa shape index (κ2) is 8.86. The van der Waals surface area contributed by atoms with Gasteiger partial charge in [-0.1, -0.05) is 24.1 Å². The summed E-state index contributed by atoms with van der Waals surface area (Å²) in [7, 11) is -2.76. The second-order valence-corrected chi connectivity index (χ2v) is 7.97. The van der Waals surface area contributed by atoms with Crippen LogP contribution in [0.4, 0.5) is 14.7 Å². The van der Waals surface area contributed by atoms with Gasteiger partial charge in [-0.15, -0.1) is 10.9 Å². The standard InChI is InChI=1S/C20H19F2N5O5P/c1-3-19(21)10-20(22,11-30-33(28)32-13-8-6-5-7-9-13)31-17(19)27-12-24-14-15(27)25-18(23)26-16(14)29-4-2/h1,5-9,12,17H,4,10-11H2,2H3,(H2,23,25,26)/q+1/t17-,19-,20+/m1/s1. The molecule has 0 saturated carbocycles. The van der Waals surface area contributed by atoms with E-state index in [0.29, 0.717) is 0 Å². The smallest absolute Gasteiger partial charge is 0.476 e. The molecule has 1 aliphatic rings. The summed E-state index contributed by atoms with van der Waals surface area (Å²) in [5.41, 5.74) is 3.32. The van der Waals surface area contributed by atoms with Crippen LogP contribution in [-0.4, -0.2) is 44.3 Å². The van der Waals surface area contributed by atoms with E-state index in [4.69, 9.17) is 30.7 Å². The number of para-hydroxylation sites is 1. The quantitative estimate of drug-likeness (QED) is 0.383. The topological polar surface area (TPSA) is 124 Å². The fourth-order valence-corrected chi connectivity index (χ4v) is 3.99. The molecule has 1 unspecified atom stereocenters. The Morgan fingerprint density at radius 1 is 1.36 bits per heavy atom. The lowest BCUT2D eigenvalue weighted by atomic mass is 10.00. The highest BCUT2D eigenvalue weighted by Crippen LogP contribution is 2.49. The van der Waals surface area contributed by atoms with Crippen LogP contribution in [0.3, 0.4) is 0 Å². The molecule has 0 radical (unpaired) electrons. The van der Waals surface area contributed by atoms with Crippen molar-refractivity contribution in [1.29, 1.82) is 0 Å². The number of aromatic nitrogens is 4. The van der Waals surface area contributed by atoms with Gasteiger partial charge in [0, 0.05) is 4.57 Å². The predicted molar refractivity (Wildman–Crippen MR) is 113 cm³/mol. The molecule has 4 atom stereocenters. The number of nitrogen functional groups attached to an aromatic ring is 1. The molecule has 172 valence electrons. The molecule has 2 aromatic heterocycles. The first-order chi connectivity index (χ1) is 15.8. The van der Waals surface area contributed by atoms with Gasteiger partial charge < -0.3 is 15.2 Å². The number of halogens is 2. The predicted octanol–water partition coefficient (Wildman–Crippen LogP) is 3.49. The van der Waals surface area contributed by atoms with Gasteiger partial charge in [0.05, 0.1) is 19.4 Å². The highest BCUT2D eigenvalue weighted by molar-refractivity contribution is 7.33. The van der Waals surface area contributed by atoms with Crippen molar-refractivity contribution >= 4 is 25.4 Å². The van der Waals surface area contributed by atoms with Gasteiger partial charge in [0.2, 0.25) is 23.4 Å². The monoisotopic (exact) mass is 478 g/mol. The number of ether oxygens (including phenoxy) is 2. The highest BCUT2D eigenvalue weighted by atomic mass is 31.1. The number of nitrogens with two attached hydrogens (primary N) is 1. The van der Waals surface area contributed by atoms with Crippen LogP contribution in [0.2, 0.25) is 0 Å². The molecule has 3 aromatic rings. The van der Waals surface area contributed by atoms with Gasteiger partial charge >= 0.3 is 8.25 Å². The number of anilines is 1. The largest absolute Gasteiger partial charge is 0.750 e. The van der Waals surface area contributed by atoms with E-state index >= 15 is 8.78 Å². The Hall–Kier alpha value is -3.39. The van der Waals surface area contributed by atoms with Gasteiger partial charge in [-0.3, -0.25) is 4.57 Å². The number of fused-ring (bicyclic) bond motifs is 1. The average Bonchev–Trinajstić information content (AvgIpc) is 3.32. The van der Waals surface area contributed by atoms with E-state index in [1.807, 2.05) is 5.92 Å². The summed E-state index contributed by atoms with van der Waals surface area (Å²) >= 11 is 0. The number of nitrogens with zero attached hydrogens (tertiary/aromatic N) is 4. The maximum atomic E-state index is 15.6.